The van der Waals surface area contributed by atoms with Crippen LogP contribution in [0, 0.1) is 11.6 Å². The number of thioether (sulfide) groups is 1. The second-order valence-electron chi connectivity index (χ2n) is 2.19. The van der Waals surface area contributed by atoms with Crippen molar-refractivity contribution < 1.29 is 17.6 Å². The van der Waals surface area contributed by atoms with E-state index in [9.17, 15) is 17.6 Å². The van der Waals surface area contributed by atoms with E-state index in [0.717, 1.165) is 12.1 Å². The van der Waals surface area contributed by atoms with Gasteiger partial charge in [0.2, 0.25) is 0 Å². The molecule has 0 radical (unpaired) electrons. The molecule has 6 heteroatoms. The lowest BCUT2D eigenvalue weighted by molar-refractivity contribution is 0.251. The lowest BCUT2D eigenvalue weighted by Crippen LogP contribution is -1.94. The Balaban J connectivity index is 3.06. The summed E-state index contributed by atoms with van der Waals surface area (Å²) in [5, 5.41) is 0. The third-order valence-corrected chi connectivity index (χ3v) is 2.03. The fourth-order valence-corrected chi connectivity index (χ4v) is 1.30. The van der Waals surface area contributed by atoms with Crippen molar-refractivity contribution in [3.05, 3.63) is 23.8 Å². The Bertz CT molecular complexity index is 292. The van der Waals surface area contributed by atoms with Crippen molar-refractivity contribution >= 4 is 17.4 Å². The summed E-state index contributed by atoms with van der Waals surface area (Å²) in [6.07, 6.45) is 0. The number of rotatable bonds is 2. The van der Waals surface area contributed by atoms with Crippen LogP contribution >= 0.6 is 11.8 Å². The van der Waals surface area contributed by atoms with E-state index in [4.69, 9.17) is 5.73 Å². The first-order chi connectivity index (χ1) is 6.00. The molecule has 0 atom stereocenters. The van der Waals surface area contributed by atoms with Crippen LogP contribution in [0.2, 0.25) is 0 Å². The summed E-state index contributed by atoms with van der Waals surface area (Å²) in [6.45, 7) is 0. The minimum Gasteiger partial charge on any atom is -0.399 e. The Labute approximate surface area is 75.9 Å². The molecule has 1 nitrogen and oxygen atoms in total. The van der Waals surface area contributed by atoms with Crippen molar-refractivity contribution in [1.29, 1.82) is 0 Å². The molecule has 0 saturated carbocycles. The van der Waals surface area contributed by atoms with Gasteiger partial charge >= 0.3 is 0 Å². The van der Waals surface area contributed by atoms with Gasteiger partial charge in [-0.05, 0) is 23.9 Å². The van der Waals surface area contributed by atoms with E-state index in [2.05, 4.69) is 0 Å². The molecule has 0 bridgehead atoms. The molecular formula is C7H5F4NS. The summed E-state index contributed by atoms with van der Waals surface area (Å²) >= 11 is -0.179. The van der Waals surface area contributed by atoms with Gasteiger partial charge in [0, 0.05) is 5.69 Å². The number of hydrogen-bond donors (Lipinski definition) is 1. The number of nitrogen functional groups attached to an aromatic ring is 1. The van der Waals surface area contributed by atoms with Gasteiger partial charge in [0.15, 0.2) is 0 Å². The Morgan fingerprint density at radius 3 is 2.00 bits per heavy atom. The second-order valence-corrected chi connectivity index (χ2v) is 3.19. The van der Waals surface area contributed by atoms with E-state index in [1.807, 2.05) is 0 Å². The highest BCUT2D eigenvalue weighted by Crippen LogP contribution is 2.31. The molecule has 1 aromatic carbocycles. The minimum atomic E-state index is -2.85. The van der Waals surface area contributed by atoms with Crippen LogP contribution < -0.4 is 5.73 Å². The third kappa shape index (κ3) is 2.51. The normalized spacial score (nSPS) is 10.8. The summed E-state index contributed by atoms with van der Waals surface area (Å²) < 4.78 is 49.2. The van der Waals surface area contributed by atoms with Crippen LogP contribution in [0.25, 0.3) is 0 Å². The van der Waals surface area contributed by atoms with Crippen LogP contribution in [0.1, 0.15) is 0 Å². The molecule has 1 rings (SSSR count). The van der Waals surface area contributed by atoms with E-state index in [-0.39, 0.29) is 17.4 Å². The third-order valence-electron chi connectivity index (χ3n) is 1.23. The molecule has 0 aromatic heterocycles. The maximum atomic E-state index is 12.8. The van der Waals surface area contributed by atoms with Gasteiger partial charge in [0.25, 0.3) is 5.76 Å². The summed E-state index contributed by atoms with van der Waals surface area (Å²) in [5.74, 6) is -4.99. The number of benzene rings is 1. The first-order valence-corrected chi connectivity index (χ1v) is 4.08. The maximum absolute atomic E-state index is 12.8. The van der Waals surface area contributed by atoms with Crippen LogP contribution in [0.4, 0.5) is 23.2 Å². The number of halogens is 4. The first kappa shape index (κ1) is 10.2. The lowest BCUT2D eigenvalue weighted by atomic mass is 10.3. The predicted molar refractivity (Wildman–Crippen MR) is 42.6 cm³/mol. The number of nitrogens with two attached hydrogens (primary N) is 1. The molecule has 0 aliphatic carbocycles. The molecule has 0 saturated heterocycles. The Hall–Kier alpha value is -0.910. The number of alkyl halides is 2. The molecule has 0 fully saturated rings. The lowest BCUT2D eigenvalue weighted by Gasteiger charge is -2.04. The number of hydrogen-bond acceptors (Lipinski definition) is 2. The summed E-state index contributed by atoms with van der Waals surface area (Å²) in [6, 6.07) is 1.60. The minimum absolute atomic E-state index is 0.131. The van der Waals surface area contributed by atoms with Crippen LogP contribution in [-0.2, 0) is 0 Å². The topological polar surface area (TPSA) is 26.0 Å². The predicted octanol–water partition coefficient (Wildman–Crippen LogP) is 2.86. The largest absolute Gasteiger partial charge is 0.399 e. The molecule has 2 N–H and O–H groups in total. The molecule has 0 unspecified atom stereocenters. The monoisotopic (exact) mass is 211 g/mol. The van der Waals surface area contributed by atoms with Crippen LogP contribution in [0.3, 0.4) is 0 Å². The molecule has 0 aliphatic rings. The van der Waals surface area contributed by atoms with Crippen molar-refractivity contribution in [1.82, 2.24) is 0 Å². The maximum Gasteiger partial charge on any atom is 0.289 e. The van der Waals surface area contributed by atoms with Gasteiger partial charge in [-0.15, -0.1) is 0 Å². The van der Waals surface area contributed by atoms with Crippen LogP contribution in [0.5, 0.6) is 0 Å². The average Bonchev–Trinajstić information content (AvgIpc) is 1.96. The molecule has 1 aromatic rings. The average molecular weight is 211 g/mol. The Morgan fingerprint density at radius 2 is 1.62 bits per heavy atom. The zero-order valence-electron chi connectivity index (χ0n) is 6.23. The van der Waals surface area contributed by atoms with Gasteiger partial charge < -0.3 is 5.73 Å². The van der Waals surface area contributed by atoms with E-state index in [0.29, 0.717) is 0 Å². The second kappa shape index (κ2) is 3.87. The molecule has 72 valence electrons. The Morgan fingerprint density at radius 1 is 1.15 bits per heavy atom. The highest BCUT2D eigenvalue weighted by molar-refractivity contribution is 7.99. The zero-order chi connectivity index (χ0) is 10.0. The van der Waals surface area contributed by atoms with Gasteiger partial charge in [-0.25, -0.2) is 8.78 Å². The quantitative estimate of drug-likeness (QED) is 0.462. The zero-order valence-corrected chi connectivity index (χ0v) is 7.05. The fraction of sp³-hybridized carbons (Fsp3) is 0.143. The molecule has 13 heavy (non-hydrogen) atoms. The Kier molecular flexibility index (Phi) is 3.02. The van der Waals surface area contributed by atoms with Crippen LogP contribution in [0.15, 0.2) is 17.0 Å². The summed E-state index contributed by atoms with van der Waals surface area (Å²) in [5.41, 5.74) is 4.95. The molecule has 0 aliphatic heterocycles. The van der Waals surface area contributed by atoms with E-state index < -0.39 is 22.3 Å². The molecule has 0 heterocycles. The fourth-order valence-electron chi connectivity index (χ4n) is 0.781. The van der Waals surface area contributed by atoms with Crippen molar-refractivity contribution in [2.75, 3.05) is 5.73 Å². The summed E-state index contributed by atoms with van der Waals surface area (Å²) in [7, 11) is 0. The SMILES string of the molecule is Nc1cc(F)c(SC(F)F)c(F)c1. The first-order valence-electron chi connectivity index (χ1n) is 3.20. The van der Waals surface area contributed by atoms with Crippen molar-refractivity contribution in [3.8, 4) is 0 Å². The summed E-state index contributed by atoms with van der Waals surface area (Å²) in [4.78, 5) is -0.704. The van der Waals surface area contributed by atoms with E-state index in [1.165, 1.54) is 0 Å². The highest BCUT2D eigenvalue weighted by atomic mass is 32.2. The van der Waals surface area contributed by atoms with Crippen molar-refractivity contribution in [3.63, 3.8) is 0 Å². The van der Waals surface area contributed by atoms with E-state index >= 15 is 0 Å². The molecule has 0 amide bonds. The van der Waals surface area contributed by atoms with Gasteiger partial charge in [-0.3, -0.25) is 0 Å². The van der Waals surface area contributed by atoms with Gasteiger partial charge in [-0.1, -0.05) is 0 Å². The van der Waals surface area contributed by atoms with Gasteiger partial charge in [-0.2, -0.15) is 8.78 Å². The van der Waals surface area contributed by atoms with Gasteiger partial charge in [0.1, 0.15) is 11.6 Å². The van der Waals surface area contributed by atoms with Crippen molar-refractivity contribution in [2.45, 2.75) is 10.7 Å². The molecule has 0 spiro atoms. The number of anilines is 1. The van der Waals surface area contributed by atoms with Crippen LogP contribution in [-0.4, -0.2) is 5.76 Å². The highest BCUT2D eigenvalue weighted by Gasteiger charge is 2.15. The van der Waals surface area contributed by atoms with Crippen molar-refractivity contribution in [2.24, 2.45) is 0 Å². The smallest absolute Gasteiger partial charge is 0.289 e. The van der Waals surface area contributed by atoms with Gasteiger partial charge in [0.05, 0.1) is 4.90 Å². The molecular weight excluding hydrogens is 206 g/mol. The standard InChI is InChI=1S/C7H5F4NS/c8-4-1-3(12)2-5(9)6(4)13-7(10)11/h1-2,7H,12H2. The van der Waals surface area contributed by atoms with E-state index in [1.54, 1.807) is 0 Å².